The maximum atomic E-state index is 13.4. The van der Waals surface area contributed by atoms with Crippen molar-refractivity contribution in [3.05, 3.63) is 53.3 Å². The average Bonchev–Trinajstić information content (AvgIpc) is 3.25. The molecule has 0 spiro atoms. The van der Waals surface area contributed by atoms with Crippen molar-refractivity contribution < 1.29 is 22.3 Å². The number of fused-ring (bicyclic) bond motifs is 1. The van der Waals surface area contributed by atoms with Crippen LogP contribution in [0.5, 0.6) is 11.5 Å². The Kier molecular flexibility index (Phi) is 3.92. The van der Waals surface area contributed by atoms with Crippen LogP contribution in [0.1, 0.15) is 23.5 Å². The summed E-state index contributed by atoms with van der Waals surface area (Å²) in [5.41, 5.74) is 1.37. The maximum absolute atomic E-state index is 13.4. The summed E-state index contributed by atoms with van der Waals surface area (Å²) in [6.07, 6.45) is 0.735. The van der Waals surface area contributed by atoms with Crippen molar-refractivity contribution in [3.8, 4) is 11.5 Å². The van der Waals surface area contributed by atoms with Gasteiger partial charge in [0.1, 0.15) is 5.82 Å². The molecule has 25 heavy (non-hydrogen) atoms. The quantitative estimate of drug-likeness (QED) is 0.841. The van der Waals surface area contributed by atoms with E-state index < -0.39 is 15.8 Å². The molecule has 0 aromatic heterocycles. The summed E-state index contributed by atoms with van der Waals surface area (Å²) >= 11 is 0. The third-order valence-electron chi connectivity index (χ3n) is 4.79. The fraction of sp³-hybridized carbons (Fsp3) is 0.333. The molecular weight excluding hydrogens is 345 g/mol. The Bertz CT molecular complexity index is 929. The van der Waals surface area contributed by atoms with Crippen LogP contribution in [0.15, 0.2) is 41.3 Å². The second kappa shape index (κ2) is 6.00. The topological polar surface area (TPSA) is 55.8 Å². The lowest BCUT2D eigenvalue weighted by molar-refractivity contribution is 0.174. The van der Waals surface area contributed by atoms with E-state index in [0.717, 1.165) is 12.0 Å². The highest BCUT2D eigenvalue weighted by atomic mass is 32.2. The lowest BCUT2D eigenvalue weighted by Crippen LogP contribution is -2.28. The molecule has 0 aliphatic carbocycles. The van der Waals surface area contributed by atoms with E-state index in [1.165, 1.54) is 22.5 Å². The summed E-state index contributed by atoms with van der Waals surface area (Å²) in [7, 11) is -3.62. The summed E-state index contributed by atoms with van der Waals surface area (Å²) < 4.78 is 51.2. The number of hydrogen-bond acceptors (Lipinski definition) is 4. The number of nitrogens with zero attached hydrogens (tertiary/aromatic N) is 1. The molecule has 1 fully saturated rings. The minimum atomic E-state index is -3.62. The molecule has 2 aliphatic rings. The molecule has 2 aromatic carbocycles. The number of rotatable bonds is 3. The molecule has 0 N–H and O–H groups in total. The number of hydrogen-bond donors (Lipinski definition) is 0. The van der Waals surface area contributed by atoms with E-state index in [1.54, 1.807) is 6.92 Å². The predicted molar refractivity (Wildman–Crippen MR) is 89.8 cm³/mol. The fourth-order valence-electron chi connectivity index (χ4n) is 3.31. The lowest BCUT2D eigenvalue weighted by Gasteiger charge is -2.17. The van der Waals surface area contributed by atoms with E-state index in [2.05, 4.69) is 0 Å². The van der Waals surface area contributed by atoms with Crippen molar-refractivity contribution in [1.82, 2.24) is 4.31 Å². The van der Waals surface area contributed by atoms with Gasteiger partial charge in [0.25, 0.3) is 0 Å². The maximum Gasteiger partial charge on any atom is 0.243 e. The molecule has 0 bridgehead atoms. The zero-order valence-corrected chi connectivity index (χ0v) is 14.6. The van der Waals surface area contributed by atoms with Gasteiger partial charge in [0.2, 0.25) is 16.8 Å². The molecule has 1 saturated heterocycles. The van der Waals surface area contributed by atoms with E-state index in [-0.39, 0.29) is 17.6 Å². The van der Waals surface area contributed by atoms with Crippen LogP contribution in [0.3, 0.4) is 0 Å². The summed E-state index contributed by atoms with van der Waals surface area (Å²) in [5.74, 6) is 1.12. The lowest BCUT2D eigenvalue weighted by atomic mass is 9.98. The number of ether oxygens (including phenoxy) is 2. The van der Waals surface area contributed by atoms with Crippen molar-refractivity contribution in [2.75, 3.05) is 19.9 Å². The van der Waals surface area contributed by atoms with Crippen LogP contribution < -0.4 is 9.47 Å². The Morgan fingerprint density at radius 1 is 1.12 bits per heavy atom. The van der Waals surface area contributed by atoms with Gasteiger partial charge in [-0.1, -0.05) is 6.07 Å². The van der Waals surface area contributed by atoms with Crippen LogP contribution in [0, 0.1) is 12.7 Å². The molecule has 0 radical (unpaired) electrons. The van der Waals surface area contributed by atoms with Crippen molar-refractivity contribution in [3.63, 3.8) is 0 Å². The number of benzene rings is 2. The van der Waals surface area contributed by atoms with Crippen LogP contribution in [0.2, 0.25) is 0 Å². The van der Waals surface area contributed by atoms with Gasteiger partial charge in [-0.3, -0.25) is 0 Å². The van der Waals surface area contributed by atoms with Gasteiger partial charge in [0.15, 0.2) is 11.5 Å². The third-order valence-corrected chi connectivity index (χ3v) is 6.65. The van der Waals surface area contributed by atoms with E-state index in [4.69, 9.17) is 9.47 Å². The van der Waals surface area contributed by atoms with Crippen molar-refractivity contribution in [1.29, 1.82) is 0 Å². The van der Waals surface area contributed by atoms with Gasteiger partial charge in [-0.15, -0.1) is 0 Å². The van der Waals surface area contributed by atoms with E-state index in [1.807, 2.05) is 18.2 Å². The van der Waals surface area contributed by atoms with Crippen LogP contribution in [-0.4, -0.2) is 32.6 Å². The van der Waals surface area contributed by atoms with E-state index >= 15 is 0 Å². The van der Waals surface area contributed by atoms with E-state index in [9.17, 15) is 12.8 Å². The highest BCUT2D eigenvalue weighted by Crippen LogP contribution is 2.38. The van der Waals surface area contributed by atoms with Crippen molar-refractivity contribution in [2.45, 2.75) is 24.2 Å². The standard InChI is InChI=1S/C18H18FNO4S/c1-12-8-15(3-4-16(12)19)25(21,22)20-7-6-14(10-20)13-2-5-17-18(9-13)24-11-23-17/h2-5,8-9,14H,6-7,10-11H2,1H3. The molecule has 5 nitrogen and oxygen atoms in total. The van der Waals surface area contributed by atoms with Gasteiger partial charge in [0.05, 0.1) is 4.90 Å². The van der Waals surface area contributed by atoms with Gasteiger partial charge >= 0.3 is 0 Å². The molecular formula is C18H18FNO4S. The van der Waals surface area contributed by atoms with Crippen LogP contribution in [0.4, 0.5) is 4.39 Å². The minimum Gasteiger partial charge on any atom is -0.454 e. The summed E-state index contributed by atoms with van der Waals surface area (Å²) in [4.78, 5) is 0.137. The highest BCUT2D eigenvalue weighted by Gasteiger charge is 2.34. The molecule has 0 amide bonds. The first kappa shape index (κ1) is 16.4. The summed E-state index contributed by atoms with van der Waals surface area (Å²) in [5, 5.41) is 0. The molecule has 2 heterocycles. The Morgan fingerprint density at radius 2 is 1.92 bits per heavy atom. The van der Waals surface area contributed by atoms with Gasteiger partial charge < -0.3 is 9.47 Å². The molecule has 1 unspecified atom stereocenters. The Hall–Kier alpha value is -2.12. The Balaban J connectivity index is 1.56. The van der Waals surface area contributed by atoms with Gasteiger partial charge in [0, 0.05) is 13.1 Å². The number of halogens is 1. The highest BCUT2D eigenvalue weighted by molar-refractivity contribution is 7.89. The molecule has 4 rings (SSSR count). The molecule has 2 aliphatic heterocycles. The van der Waals surface area contributed by atoms with Crippen molar-refractivity contribution >= 4 is 10.0 Å². The summed E-state index contributed by atoms with van der Waals surface area (Å²) in [6, 6.07) is 9.65. The van der Waals surface area contributed by atoms with E-state index in [0.29, 0.717) is 30.2 Å². The molecule has 2 aromatic rings. The first-order valence-electron chi connectivity index (χ1n) is 8.11. The first-order chi connectivity index (χ1) is 11.9. The predicted octanol–water partition coefficient (Wildman–Crippen LogP) is 3.04. The van der Waals surface area contributed by atoms with Gasteiger partial charge in [-0.2, -0.15) is 4.31 Å². The smallest absolute Gasteiger partial charge is 0.243 e. The van der Waals surface area contributed by atoms with Crippen LogP contribution >= 0.6 is 0 Å². The van der Waals surface area contributed by atoms with Crippen LogP contribution in [-0.2, 0) is 10.0 Å². The fourth-order valence-corrected chi connectivity index (χ4v) is 4.90. The number of aryl methyl sites for hydroxylation is 1. The molecule has 7 heteroatoms. The average molecular weight is 363 g/mol. The summed E-state index contributed by atoms with van der Waals surface area (Å²) in [6.45, 7) is 2.62. The van der Waals surface area contributed by atoms with Gasteiger partial charge in [-0.05, 0) is 60.7 Å². The third kappa shape index (κ3) is 2.87. The Labute approximate surface area is 146 Å². The molecule has 0 saturated carbocycles. The first-order valence-corrected chi connectivity index (χ1v) is 9.55. The van der Waals surface area contributed by atoms with Crippen molar-refractivity contribution in [2.24, 2.45) is 0 Å². The normalized spacial score (nSPS) is 20.2. The zero-order valence-electron chi connectivity index (χ0n) is 13.7. The zero-order chi connectivity index (χ0) is 17.6. The van der Waals surface area contributed by atoms with Gasteiger partial charge in [-0.25, -0.2) is 12.8 Å². The second-order valence-electron chi connectivity index (χ2n) is 6.37. The largest absolute Gasteiger partial charge is 0.454 e. The minimum absolute atomic E-state index is 0.103. The molecule has 1 atom stereocenters. The number of sulfonamides is 1. The SMILES string of the molecule is Cc1cc(S(=O)(=O)N2CCC(c3ccc4c(c3)OCO4)C2)ccc1F. The Morgan fingerprint density at radius 3 is 2.72 bits per heavy atom. The molecule has 132 valence electrons. The van der Waals surface area contributed by atoms with Crippen LogP contribution in [0.25, 0.3) is 0 Å². The second-order valence-corrected chi connectivity index (χ2v) is 8.31. The monoisotopic (exact) mass is 363 g/mol.